The zero-order valence-corrected chi connectivity index (χ0v) is 18.3. The lowest BCUT2D eigenvalue weighted by molar-refractivity contribution is -0.145. The number of nitrogens with zero attached hydrogens (tertiary/aromatic N) is 2. The Kier molecular flexibility index (Phi) is 7.32. The Bertz CT molecular complexity index is 1080. The molecule has 0 bridgehead atoms. The van der Waals surface area contributed by atoms with Crippen molar-refractivity contribution in [2.75, 3.05) is 6.54 Å². The Morgan fingerprint density at radius 1 is 1.09 bits per heavy atom. The Labute approximate surface area is 189 Å². The molecule has 0 aromatic heterocycles. The molecular formula is C23H22N2O6S. The molecule has 1 saturated heterocycles. The molecule has 2 N–H and O–H groups in total. The molecule has 1 fully saturated rings. The van der Waals surface area contributed by atoms with E-state index in [9.17, 15) is 14.4 Å². The van der Waals surface area contributed by atoms with Gasteiger partial charge in [0, 0.05) is 6.54 Å². The van der Waals surface area contributed by atoms with Crippen LogP contribution in [0.15, 0.2) is 58.4 Å². The van der Waals surface area contributed by atoms with E-state index in [0.717, 1.165) is 5.56 Å². The van der Waals surface area contributed by atoms with E-state index in [1.165, 1.54) is 23.9 Å². The van der Waals surface area contributed by atoms with Crippen molar-refractivity contribution >= 4 is 46.5 Å². The van der Waals surface area contributed by atoms with Crippen LogP contribution in [0.3, 0.4) is 0 Å². The summed E-state index contributed by atoms with van der Waals surface area (Å²) in [5.74, 6) is -1.76. The smallest absolute Gasteiger partial charge is 0.344 e. The molecule has 166 valence electrons. The molecule has 2 aromatic rings. The minimum atomic E-state index is -1.02. The fourth-order valence-corrected chi connectivity index (χ4v) is 3.99. The summed E-state index contributed by atoms with van der Waals surface area (Å²) in [4.78, 5) is 41.5. The van der Waals surface area contributed by atoms with Crippen LogP contribution >= 0.6 is 11.8 Å². The number of amides is 1. The summed E-state index contributed by atoms with van der Waals surface area (Å²) >= 11 is 1.24. The molecule has 1 unspecified atom stereocenters. The lowest BCUT2D eigenvalue weighted by Crippen LogP contribution is -2.28. The predicted molar refractivity (Wildman–Crippen MR) is 122 cm³/mol. The van der Waals surface area contributed by atoms with Crippen LogP contribution in [-0.4, -0.2) is 50.8 Å². The normalized spacial score (nSPS) is 17.1. The van der Waals surface area contributed by atoms with E-state index >= 15 is 0 Å². The van der Waals surface area contributed by atoms with Crippen LogP contribution < -0.4 is 4.74 Å². The number of thioether (sulfide) groups is 1. The summed E-state index contributed by atoms with van der Waals surface area (Å²) in [6, 6.07) is 13.0. The van der Waals surface area contributed by atoms with Crippen molar-refractivity contribution in [3.8, 4) is 5.75 Å². The van der Waals surface area contributed by atoms with Crippen molar-refractivity contribution in [1.82, 2.24) is 4.90 Å². The van der Waals surface area contributed by atoms with Gasteiger partial charge in [-0.25, -0.2) is 14.6 Å². The summed E-state index contributed by atoms with van der Waals surface area (Å²) < 4.78 is 5.46. The van der Waals surface area contributed by atoms with Gasteiger partial charge in [-0.1, -0.05) is 19.1 Å². The standard InChI is InChI=1S/C23H22N2O6S/c1-3-18(22(29)30)31-17-11-5-14(6-12-17)13-19-20(26)25(4-2)23(32-19)24-16-9-7-15(8-10-16)21(27)28/h5-13,18H,3-4H2,1-2H3,(H,27,28)(H,29,30)/b19-13-,24-23?. The number of aromatic carboxylic acids is 1. The number of aliphatic carboxylic acids is 1. The second kappa shape index (κ2) is 10.1. The summed E-state index contributed by atoms with van der Waals surface area (Å²) in [7, 11) is 0. The third kappa shape index (κ3) is 5.36. The molecule has 1 aliphatic heterocycles. The van der Waals surface area contributed by atoms with Crippen LogP contribution in [-0.2, 0) is 9.59 Å². The Hall–Kier alpha value is -3.59. The van der Waals surface area contributed by atoms with Crippen molar-refractivity contribution < 1.29 is 29.3 Å². The SMILES string of the molecule is CCC(Oc1ccc(/C=C2\SC(=Nc3ccc(C(=O)O)cc3)N(CC)C2=O)cc1)C(=O)O. The van der Waals surface area contributed by atoms with Crippen molar-refractivity contribution in [3.63, 3.8) is 0 Å². The highest BCUT2D eigenvalue weighted by molar-refractivity contribution is 8.18. The minimum Gasteiger partial charge on any atom is -0.479 e. The average molecular weight is 455 g/mol. The lowest BCUT2D eigenvalue weighted by Gasteiger charge is -2.13. The van der Waals surface area contributed by atoms with Gasteiger partial charge in [0.25, 0.3) is 5.91 Å². The van der Waals surface area contributed by atoms with E-state index < -0.39 is 18.0 Å². The van der Waals surface area contributed by atoms with E-state index in [1.54, 1.807) is 54.3 Å². The molecule has 1 heterocycles. The number of carbonyl (C=O) groups is 3. The number of benzene rings is 2. The average Bonchev–Trinajstić information content (AvgIpc) is 3.07. The lowest BCUT2D eigenvalue weighted by atomic mass is 10.2. The van der Waals surface area contributed by atoms with Crippen molar-refractivity contribution in [1.29, 1.82) is 0 Å². The van der Waals surface area contributed by atoms with Gasteiger partial charge in [0.1, 0.15) is 5.75 Å². The molecule has 0 saturated carbocycles. The van der Waals surface area contributed by atoms with Crippen LogP contribution in [0, 0.1) is 0 Å². The highest BCUT2D eigenvalue weighted by Crippen LogP contribution is 2.34. The number of ether oxygens (including phenoxy) is 1. The van der Waals surface area contributed by atoms with Gasteiger partial charge >= 0.3 is 11.9 Å². The second-order valence-corrected chi connectivity index (χ2v) is 7.84. The van der Waals surface area contributed by atoms with Gasteiger partial charge in [0.15, 0.2) is 11.3 Å². The van der Waals surface area contributed by atoms with E-state index in [2.05, 4.69) is 4.99 Å². The molecule has 1 aliphatic rings. The van der Waals surface area contributed by atoms with E-state index in [-0.39, 0.29) is 11.5 Å². The molecule has 1 atom stereocenters. The Morgan fingerprint density at radius 2 is 1.75 bits per heavy atom. The fraction of sp³-hybridized carbons (Fsp3) is 0.217. The van der Waals surface area contributed by atoms with Crippen molar-refractivity contribution in [2.45, 2.75) is 26.4 Å². The predicted octanol–water partition coefficient (Wildman–Crippen LogP) is 4.25. The number of carbonyl (C=O) groups excluding carboxylic acids is 1. The minimum absolute atomic E-state index is 0.165. The van der Waals surface area contributed by atoms with Crippen LogP contribution in [0.25, 0.3) is 6.08 Å². The number of hydrogen-bond donors (Lipinski definition) is 2. The highest BCUT2D eigenvalue weighted by Gasteiger charge is 2.32. The summed E-state index contributed by atoms with van der Waals surface area (Å²) in [6.45, 7) is 4.03. The molecule has 8 nitrogen and oxygen atoms in total. The van der Waals surface area contributed by atoms with Crippen molar-refractivity contribution in [2.24, 2.45) is 4.99 Å². The van der Waals surface area contributed by atoms with Gasteiger partial charge < -0.3 is 14.9 Å². The van der Waals surface area contributed by atoms with Crippen LogP contribution in [0.4, 0.5) is 5.69 Å². The molecule has 9 heteroatoms. The number of carboxylic acids is 2. The van der Waals surface area contributed by atoms with Crippen molar-refractivity contribution in [3.05, 3.63) is 64.6 Å². The maximum Gasteiger partial charge on any atom is 0.344 e. The van der Waals surface area contributed by atoms with Gasteiger partial charge in [-0.2, -0.15) is 0 Å². The summed E-state index contributed by atoms with van der Waals surface area (Å²) in [6.07, 6.45) is 1.18. The number of likely N-dealkylation sites (N-methyl/N-ethyl adjacent to an activating group) is 1. The Morgan fingerprint density at radius 3 is 2.28 bits per heavy atom. The highest BCUT2D eigenvalue weighted by atomic mass is 32.2. The topological polar surface area (TPSA) is 117 Å². The van der Waals surface area contributed by atoms with E-state index in [4.69, 9.17) is 14.9 Å². The largest absolute Gasteiger partial charge is 0.479 e. The monoisotopic (exact) mass is 454 g/mol. The first kappa shape index (κ1) is 23.1. The number of hydrogen-bond acceptors (Lipinski definition) is 6. The maximum absolute atomic E-state index is 12.8. The van der Waals surface area contributed by atoms with E-state index in [1.807, 2.05) is 6.92 Å². The summed E-state index contributed by atoms with van der Waals surface area (Å²) in [5.41, 5.74) is 1.48. The van der Waals surface area contributed by atoms with Gasteiger partial charge in [0.05, 0.1) is 16.2 Å². The first-order valence-electron chi connectivity index (χ1n) is 9.95. The summed E-state index contributed by atoms with van der Waals surface area (Å²) in [5, 5.41) is 18.6. The molecule has 1 amide bonds. The second-order valence-electron chi connectivity index (χ2n) is 6.83. The van der Waals surface area contributed by atoms with Crippen LogP contribution in [0.2, 0.25) is 0 Å². The molecule has 0 aliphatic carbocycles. The maximum atomic E-state index is 12.8. The quantitative estimate of drug-likeness (QED) is 0.573. The fourth-order valence-electron chi connectivity index (χ4n) is 2.93. The van der Waals surface area contributed by atoms with Gasteiger partial charge in [0.2, 0.25) is 0 Å². The van der Waals surface area contributed by atoms with Crippen LogP contribution in [0.1, 0.15) is 36.2 Å². The third-order valence-corrected chi connectivity index (χ3v) is 5.65. The van der Waals surface area contributed by atoms with Gasteiger partial charge in [-0.05, 0) is 73.1 Å². The first-order chi connectivity index (χ1) is 15.3. The molecule has 0 radical (unpaired) electrons. The number of carboxylic acid groups (broad SMARTS) is 2. The van der Waals surface area contributed by atoms with Gasteiger partial charge in [-0.15, -0.1) is 0 Å². The van der Waals surface area contributed by atoms with Crippen LogP contribution in [0.5, 0.6) is 5.75 Å². The Balaban J connectivity index is 1.79. The number of aliphatic imine (C=N–C) groups is 1. The number of rotatable bonds is 8. The third-order valence-electron chi connectivity index (χ3n) is 4.65. The molecule has 3 rings (SSSR count). The van der Waals surface area contributed by atoms with E-state index in [0.29, 0.717) is 34.5 Å². The zero-order chi connectivity index (χ0) is 23.3. The zero-order valence-electron chi connectivity index (χ0n) is 17.5. The molecular weight excluding hydrogens is 432 g/mol. The van der Waals surface area contributed by atoms with Gasteiger partial charge in [-0.3, -0.25) is 9.69 Å². The molecule has 0 spiro atoms. The first-order valence-corrected chi connectivity index (χ1v) is 10.8. The molecule has 2 aromatic carbocycles. The molecule has 32 heavy (non-hydrogen) atoms. The number of amidine groups is 1.